The number of aldehydes is 1. The lowest BCUT2D eigenvalue weighted by Gasteiger charge is -2.18. The van der Waals surface area contributed by atoms with Crippen LogP contribution in [0.4, 0.5) is 0 Å². The number of rotatable bonds is 5. The van der Waals surface area contributed by atoms with E-state index in [4.69, 9.17) is 5.26 Å². The van der Waals surface area contributed by atoms with E-state index in [1.54, 1.807) is 12.1 Å². The van der Waals surface area contributed by atoms with Gasteiger partial charge in [-0.15, -0.1) is 0 Å². The number of benzene rings is 1. The maximum Gasteiger partial charge on any atom is 0.167 e. The van der Waals surface area contributed by atoms with Gasteiger partial charge in [-0.2, -0.15) is 5.26 Å². The van der Waals surface area contributed by atoms with Gasteiger partial charge in [0, 0.05) is 0 Å². The molecule has 2 rings (SSSR count). The lowest BCUT2D eigenvalue weighted by Crippen LogP contribution is -2.28. The van der Waals surface area contributed by atoms with Crippen LogP contribution in [0.1, 0.15) is 24.0 Å². The number of aliphatic imine (C=N–C) groups is 1. The molecule has 1 fully saturated rings. The van der Waals surface area contributed by atoms with E-state index in [1.165, 1.54) is 6.20 Å². The molecule has 0 radical (unpaired) electrons. The fourth-order valence-corrected chi connectivity index (χ4v) is 1.94. The van der Waals surface area contributed by atoms with E-state index in [2.05, 4.69) is 23.1 Å². The summed E-state index contributed by atoms with van der Waals surface area (Å²) >= 11 is 0. The summed E-state index contributed by atoms with van der Waals surface area (Å²) in [4.78, 5) is 14.5. The molecule has 0 heterocycles. The molecule has 0 aromatic heterocycles. The van der Waals surface area contributed by atoms with Crippen LogP contribution in [0, 0.1) is 11.3 Å². The average Bonchev–Trinajstić information content (AvgIpc) is 3.19. The van der Waals surface area contributed by atoms with Crippen LogP contribution in [0.3, 0.4) is 0 Å². The molecule has 90 valence electrons. The number of hydrogen-bond acceptors (Lipinski definition) is 4. The van der Waals surface area contributed by atoms with Gasteiger partial charge in [0.05, 0.1) is 29.1 Å². The van der Waals surface area contributed by atoms with Gasteiger partial charge in [-0.25, -0.2) is 0 Å². The minimum Gasteiger partial charge on any atom is -0.372 e. The molecule has 1 aliphatic carbocycles. The van der Waals surface area contributed by atoms with Crippen LogP contribution in [-0.4, -0.2) is 13.0 Å². The van der Waals surface area contributed by atoms with Crippen molar-refractivity contribution in [1.82, 2.24) is 5.32 Å². The highest BCUT2D eigenvalue weighted by Gasteiger charge is 2.44. The van der Waals surface area contributed by atoms with Gasteiger partial charge < -0.3 is 5.32 Å². The van der Waals surface area contributed by atoms with Crippen molar-refractivity contribution in [3.05, 3.63) is 47.3 Å². The van der Waals surface area contributed by atoms with E-state index in [1.807, 2.05) is 12.1 Å². The lowest BCUT2D eigenvalue weighted by atomic mass is 10.0. The van der Waals surface area contributed by atoms with E-state index in [0.717, 1.165) is 24.7 Å². The Kier molecular flexibility index (Phi) is 3.24. The summed E-state index contributed by atoms with van der Waals surface area (Å²) in [5.74, 6) is 0. The molecule has 1 aromatic carbocycles. The maximum atomic E-state index is 10.9. The monoisotopic (exact) mass is 239 g/mol. The van der Waals surface area contributed by atoms with E-state index in [-0.39, 0.29) is 5.54 Å². The van der Waals surface area contributed by atoms with E-state index >= 15 is 0 Å². The van der Waals surface area contributed by atoms with Gasteiger partial charge in [0.2, 0.25) is 0 Å². The minimum atomic E-state index is -0.189. The molecule has 0 unspecified atom stereocenters. The number of carbonyl (C=O) groups excluding carboxylic acids is 1. The molecular formula is C14H13N3O. The number of hydrogen-bond donors (Lipinski definition) is 1. The van der Waals surface area contributed by atoms with Gasteiger partial charge in [0.1, 0.15) is 0 Å². The Morgan fingerprint density at radius 1 is 1.44 bits per heavy atom. The maximum absolute atomic E-state index is 10.9. The van der Waals surface area contributed by atoms with Gasteiger partial charge in [0.15, 0.2) is 6.29 Å². The standard InChI is InChI=1S/C14H13N3O/c1-16-9-13(10-18)17-14(6-7-14)12-4-2-11(8-15)3-5-12/h2-5,9-10,17H,1,6-7H2/b13-9-. The summed E-state index contributed by atoms with van der Waals surface area (Å²) in [6.07, 6.45) is 4.07. The third-order valence-corrected chi connectivity index (χ3v) is 3.06. The summed E-state index contributed by atoms with van der Waals surface area (Å²) in [5.41, 5.74) is 1.95. The Morgan fingerprint density at radius 2 is 2.11 bits per heavy atom. The molecule has 0 aliphatic heterocycles. The second kappa shape index (κ2) is 4.84. The first kappa shape index (κ1) is 12.1. The zero-order valence-electron chi connectivity index (χ0n) is 9.89. The van der Waals surface area contributed by atoms with Crippen molar-refractivity contribution >= 4 is 13.0 Å². The Bertz CT molecular complexity index is 533. The smallest absolute Gasteiger partial charge is 0.167 e. The number of carbonyl (C=O) groups is 1. The van der Waals surface area contributed by atoms with Crippen LogP contribution in [-0.2, 0) is 10.3 Å². The van der Waals surface area contributed by atoms with Crippen LogP contribution in [0.5, 0.6) is 0 Å². The lowest BCUT2D eigenvalue weighted by molar-refractivity contribution is -0.105. The molecule has 18 heavy (non-hydrogen) atoms. The van der Waals surface area contributed by atoms with Crippen LogP contribution >= 0.6 is 0 Å². The fraction of sp³-hybridized carbons (Fsp3) is 0.214. The highest BCUT2D eigenvalue weighted by molar-refractivity contribution is 5.73. The summed E-state index contributed by atoms with van der Waals surface area (Å²) in [6.45, 7) is 3.33. The third kappa shape index (κ3) is 2.30. The zero-order chi connectivity index (χ0) is 13.0. The van der Waals surface area contributed by atoms with Crippen molar-refractivity contribution < 1.29 is 4.79 Å². The van der Waals surface area contributed by atoms with E-state index in [9.17, 15) is 4.79 Å². The largest absolute Gasteiger partial charge is 0.372 e. The van der Waals surface area contributed by atoms with Gasteiger partial charge in [-0.3, -0.25) is 9.79 Å². The Hall–Kier alpha value is -2.41. The second-order valence-electron chi connectivity index (χ2n) is 4.28. The fourth-order valence-electron chi connectivity index (χ4n) is 1.94. The minimum absolute atomic E-state index is 0.189. The van der Waals surface area contributed by atoms with Crippen molar-refractivity contribution in [2.24, 2.45) is 4.99 Å². The molecule has 1 N–H and O–H groups in total. The molecule has 0 saturated heterocycles. The molecule has 1 aromatic rings. The Labute approximate surface area is 106 Å². The molecule has 0 spiro atoms. The topological polar surface area (TPSA) is 65.2 Å². The summed E-state index contributed by atoms with van der Waals surface area (Å²) in [5, 5.41) is 11.9. The summed E-state index contributed by atoms with van der Waals surface area (Å²) in [7, 11) is 0. The van der Waals surface area contributed by atoms with Gasteiger partial charge in [-0.1, -0.05) is 12.1 Å². The first-order valence-corrected chi connectivity index (χ1v) is 5.64. The first-order chi connectivity index (χ1) is 8.74. The van der Waals surface area contributed by atoms with Gasteiger partial charge in [0.25, 0.3) is 0 Å². The van der Waals surface area contributed by atoms with E-state index < -0.39 is 0 Å². The molecular weight excluding hydrogens is 226 g/mol. The highest BCUT2D eigenvalue weighted by atomic mass is 16.1. The number of nitrogens with zero attached hydrogens (tertiary/aromatic N) is 2. The van der Waals surface area contributed by atoms with Crippen LogP contribution < -0.4 is 5.32 Å². The van der Waals surface area contributed by atoms with Crippen LogP contribution in [0.15, 0.2) is 41.2 Å². The number of nitriles is 1. The summed E-state index contributed by atoms with van der Waals surface area (Å²) in [6, 6.07) is 9.49. The predicted molar refractivity (Wildman–Crippen MR) is 68.9 cm³/mol. The molecule has 4 heteroatoms. The zero-order valence-corrected chi connectivity index (χ0v) is 9.89. The van der Waals surface area contributed by atoms with E-state index in [0.29, 0.717) is 11.3 Å². The molecule has 4 nitrogen and oxygen atoms in total. The van der Waals surface area contributed by atoms with Crippen LogP contribution in [0.25, 0.3) is 0 Å². The molecule has 1 aliphatic rings. The number of allylic oxidation sites excluding steroid dienone is 1. The van der Waals surface area contributed by atoms with Gasteiger partial charge >= 0.3 is 0 Å². The van der Waals surface area contributed by atoms with Crippen molar-refractivity contribution in [3.63, 3.8) is 0 Å². The Balaban J connectivity index is 2.21. The van der Waals surface area contributed by atoms with Crippen molar-refractivity contribution in [2.45, 2.75) is 18.4 Å². The molecule has 0 atom stereocenters. The SMILES string of the molecule is C=N/C=C(/C=O)NC1(c2ccc(C#N)cc2)CC1. The number of nitrogens with one attached hydrogen (secondary N) is 1. The normalized spacial score (nSPS) is 16.5. The first-order valence-electron chi connectivity index (χ1n) is 5.64. The van der Waals surface area contributed by atoms with Crippen molar-refractivity contribution in [3.8, 4) is 6.07 Å². The quantitative estimate of drug-likeness (QED) is 0.484. The van der Waals surface area contributed by atoms with Crippen LogP contribution in [0.2, 0.25) is 0 Å². The van der Waals surface area contributed by atoms with Crippen molar-refractivity contribution in [1.29, 1.82) is 5.26 Å². The average molecular weight is 239 g/mol. The third-order valence-electron chi connectivity index (χ3n) is 3.06. The molecule has 1 saturated carbocycles. The predicted octanol–water partition coefficient (Wildman–Crippen LogP) is 1.88. The summed E-state index contributed by atoms with van der Waals surface area (Å²) < 4.78 is 0. The Morgan fingerprint density at radius 3 is 2.56 bits per heavy atom. The molecule has 0 bridgehead atoms. The highest BCUT2D eigenvalue weighted by Crippen LogP contribution is 2.46. The molecule has 0 amide bonds. The van der Waals surface area contributed by atoms with Gasteiger partial charge in [-0.05, 0) is 37.3 Å². The second-order valence-corrected chi connectivity index (χ2v) is 4.28. The van der Waals surface area contributed by atoms with Crippen molar-refractivity contribution in [2.75, 3.05) is 0 Å².